The number of aromatic hydroxyl groups is 1. The summed E-state index contributed by atoms with van der Waals surface area (Å²) in [5, 5.41) is 21.8. The molecule has 0 fully saturated rings. The van der Waals surface area contributed by atoms with Crippen molar-refractivity contribution in [3.63, 3.8) is 0 Å². The molecule has 4 aromatic carbocycles. The fraction of sp³-hybridized carbons (Fsp3) is 0. The first-order chi connectivity index (χ1) is 13.8. The van der Waals surface area contributed by atoms with Gasteiger partial charge < -0.3 is 5.11 Å². The van der Waals surface area contributed by atoms with Crippen LogP contribution in [0.3, 0.4) is 0 Å². The Balaban J connectivity index is 1.53. The second-order valence-corrected chi connectivity index (χ2v) is 7.42. The molecule has 0 atom stereocenters. The number of thiazole rings is 1. The third kappa shape index (κ3) is 3.02. The van der Waals surface area contributed by atoms with E-state index in [0.717, 1.165) is 31.6 Å². The number of nitrogens with zero attached hydrogens (tertiary/aromatic N) is 3. The lowest BCUT2D eigenvalue weighted by Crippen LogP contribution is -1.75. The first-order valence-electron chi connectivity index (χ1n) is 8.86. The Bertz CT molecular complexity index is 1330. The van der Waals surface area contributed by atoms with Crippen molar-refractivity contribution in [3.05, 3.63) is 84.9 Å². The molecular formula is C23H15N3OS. The van der Waals surface area contributed by atoms with Crippen LogP contribution in [-0.4, -0.2) is 10.1 Å². The lowest BCUT2D eigenvalue weighted by molar-refractivity contribution is 0.477. The van der Waals surface area contributed by atoms with Crippen molar-refractivity contribution in [2.75, 3.05) is 0 Å². The van der Waals surface area contributed by atoms with Gasteiger partial charge in [0.25, 0.3) is 0 Å². The Hall–Kier alpha value is -3.57. The average molecular weight is 381 g/mol. The number of hydrogen-bond donors (Lipinski definition) is 1. The Labute approximate surface area is 165 Å². The van der Waals surface area contributed by atoms with Crippen molar-refractivity contribution in [1.82, 2.24) is 4.98 Å². The zero-order valence-corrected chi connectivity index (χ0v) is 15.6. The zero-order valence-electron chi connectivity index (χ0n) is 14.8. The van der Waals surface area contributed by atoms with Crippen LogP contribution in [0.4, 0.5) is 11.4 Å². The van der Waals surface area contributed by atoms with Gasteiger partial charge in [0, 0.05) is 10.9 Å². The van der Waals surface area contributed by atoms with Gasteiger partial charge in [-0.15, -0.1) is 16.5 Å². The van der Waals surface area contributed by atoms with Crippen LogP contribution in [-0.2, 0) is 0 Å². The lowest BCUT2D eigenvalue weighted by Gasteiger charge is -2.03. The monoisotopic (exact) mass is 381 g/mol. The minimum Gasteiger partial charge on any atom is -0.506 e. The molecule has 0 saturated heterocycles. The van der Waals surface area contributed by atoms with Gasteiger partial charge in [-0.05, 0) is 29.7 Å². The number of azo groups is 1. The molecule has 4 nitrogen and oxygen atoms in total. The molecule has 0 unspecified atom stereocenters. The summed E-state index contributed by atoms with van der Waals surface area (Å²) in [6.45, 7) is 0. The number of phenolic OH excluding ortho intramolecular Hbond substituents is 1. The smallest absolute Gasteiger partial charge is 0.143 e. The molecule has 28 heavy (non-hydrogen) atoms. The molecule has 1 heterocycles. The molecule has 1 aromatic heterocycles. The maximum atomic E-state index is 10.2. The van der Waals surface area contributed by atoms with Crippen LogP contribution in [0.15, 0.2) is 95.2 Å². The molecule has 0 saturated carbocycles. The van der Waals surface area contributed by atoms with Gasteiger partial charge >= 0.3 is 0 Å². The number of fused-ring (bicyclic) bond motifs is 2. The van der Waals surface area contributed by atoms with E-state index in [0.29, 0.717) is 11.4 Å². The van der Waals surface area contributed by atoms with Crippen LogP contribution in [0, 0.1) is 0 Å². The quantitative estimate of drug-likeness (QED) is 0.335. The number of hydrogen-bond acceptors (Lipinski definition) is 5. The van der Waals surface area contributed by atoms with Crippen molar-refractivity contribution in [1.29, 1.82) is 0 Å². The van der Waals surface area contributed by atoms with Gasteiger partial charge in [-0.25, -0.2) is 4.98 Å². The molecule has 0 aliphatic rings. The van der Waals surface area contributed by atoms with Crippen LogP contribution in [0.25, 0.3) is 31.6 Å². The maximum absolute atomic E-state index is 10.2. The van der Waals surface area contributed by atoms with Crippen LogP contribution >= 0.6 is 11.3 Å². The fourth-order valence-corrected chi connectivity index (χ4v) is 4.09. The summed E-state index contributed by atoms with van der Waals surface area (Å²) in [5.74, 6) is 0.114. The van der Waals surface area contributed by atoms with Gasteiger partial charge in [-0.1, -0.05) is 60.7 Å². The zero-order chi connectivity index (χ0) is 18.9. The van der Waals surface area contributed by atoms with Crippen LogP contribution in [0.2, 0.25) is 0 Å². The highest BCUT2D eigenvalue weighted by molar-refractivity contribution is 7.21. The molecular weight excluding hydrogens is 366 g/mol. The summed E-state index contributed by atoms with van der Waals surface area (Å²) in [6, 6.07) is 27.3. The van der Waals surface area contributed by atoms with Gasteiger partial charge in [0.05, 0.1) is 15.9 Å². The van der Waals surface area contributed by atoms with Crippen molar-refractivity contribution < 1.29 is 5.11 Å². The molecule has 5 aromatic rings. The highest BCUT2D eigenvalue weighted by atomic mass is 32.1. The molecule has 0 aliphatic carbocycles. The van der Waals surface area contributed by atoms with Gasteiger partial charge in [-0.2, -0.15) is 5.11 Å². The highest BCUT2D eigenvalue weighted by Gasteiger charge is 2.08. The Morgan fingerprint density at radius 1 is 0.786 bits per heavy atom. The largest absolute Gasteiger partial charge is 0.506 e. The van der Waals surface area contributed by atoms with Crippen molar-refractivity contribution in [3.8, 4) is 16.3 Å². The van der Waals surface area contributed by atoms with E-state index < -0.39 is 0 Å². The third-order valence-electron chi connectivity index (χ3n) is 4.54. The van der Waals surface area contributed by atoms with Crippen molar-refractivity contribution in [2.45, 2.75) is 0 Å². The second kappa shape index (κ2) is 6.87. The molecule has 0 aliphatic heterocycles. The lowest BCUT2D eigenvalue weighted by atomic mass is 10.1. The predicted octanol–water partition coefficient (Wildman–Crippen LogP) is 7.24. The Morgan fingerprint density at radius 3 is 2.50 bits per heavy atom. The normalized spacial score (nSPS) is 11.6. The van der Waals surface area contributed by atoms with E-state index in [9.17, 15) is 5.11 Å². The van der Waals surface area contributed by atoms with Crippen molar-refractivity contribution in [2.24, 2.45) is 10.2 Å². The molecule has 5 heteroatoms. The van der Waals surface area contributed by atoms with Crippen molar-refractivity contribution >= 4 is 43.7 Å². The molecule has 1 N–H and O–H groups in total. The fourth-order valence-electron chi connectivity index (χ4n) is 3.14. The SMILES string of the molecule is Oc1ccc2ccccc2c1N=Nc1ccc2sc(-c3ccccc3)nc2c1. The van der Waals surface area contributed by atoms with E-state index in [1.165, 1.54) is 0 Å². The highest BCUT2D eigenvalue weighted by Crippen LogP contribution is 2.37. The first kappa shape index (κ1) is 16.6. The standard InChI is InChI=1S/C23H15N3OS/c27-20-12-10-15-6-4-5-9-18(15)22(20)26-25-17-11-13-21-19(14-17)24-23(28-21)16-7-2-1-3-8-16/h1-14,27H. The second-order valence-electron chi connectivity index (χ2n) is 6.39. The summed E-state index contributed by atoms with van der Waals surface area (Å²) >= 11 is 1.65. The summed E-state index contributed by atoms with van der Waals surface area (Å²) in [4.78, 5) is 4.73. The molecule has 0 spiro atoms. The molecule has 5 rings (SSSR count). The first-order valence-corrected chi connectivity index (χ1v) is 9.68. The van der Waals surface area contributed by atoms with E-state index in [1.807, 2.05) is 66.7 Å². The molecule has 134 valence electrons. The number of phenols is 1. The maximum Gasteiger partial charge on any atom is 0.143 e. The summed E-state index contributed by atoms with van der Waals surface area (Å²) < 4.78 is 1.10. The molecule has 0 bridgehead atoms. The van der Waals surface area contributed by atoms with Gasteiger partial charge in [0.1, 0.15) is 16.4 Å². The Morgan fingerprint density at radius 2 is 1.61 bits per heavy atom. The van der Waals surface area contributed by atoms with Crippen LogP contribution in [0.5, 0.6) is 5.75 Å². The van der Waals surface area contributed by atoms with Gasteiger partial charge in [0.15, 0.2) is 0 Å². The molecule has 0 amide bonds. The third-order valence-corrected chi connectivity index (χ3v) is 5.62. The van der Waals surface area contributed by atoms with E-state index >= 15 is 0 Å². The van der Waals surface area contributed by atoms with E-state index in [-0.39, 0.29) is 5.75 Å². The van der Waals surface area contributed by atoms with Gasteiger partial charge in [0.2, 0.25) is 0 Å². The topological polar surface area (TPSA) is 57.8 Å². The minimum absolute atomic E-state index is 0.114. The number of aromatic nitrogens is 1. The number of benzene rings is 4. The summed E-state index contributed by atoms with van der Waals surface area (Å²) in [6.07, 6.45) is 0. The molecule has 0 radical (unpaired) electrons. The van der Waals surface area contributed by atoms with Gasteiger partial charge in [-0.3, -0.25) is 0 Å². The van der Waals surface area contributed by atoms with Crippen LogP contribution < -0.4 is 0 Å². The average Bonchev–Trinajstić information content (AvgIpc) is 3.17. The summed E-state index contributed by atoms with van der Waals surface area (Å²) in [7, 11) is 0. The predicted molar refractivity (Wildman–Crippen MR) is 115 cm³/mol. The van der Waals surface area contributed by atoms with E-state index in [1.54, 1.807) is 17.4 Å². The summed E-state index contributed by atoms with van der Waals surface area (Å²) in [5.41, 5.74) is 3.17. The minimum atomic E-state index is 0.114. The van der Waals surface area contributed by atoms with E-state index in [2.05, 4.69) is 22.4 Å². The number of rotatable bonds is 3. The van der Waals surface area contributed by atoms with Crippen LogP contribution in [0.1, 0.15) is 0 Å². The Kier molecular flexibility index (Phi) is 4.07. The van der Waals surface area contributed by atoms with E-state index in [4.69, 9.17) is 4.98 Å².